The van der Waals surface area contributed by atoms with Gasteiger partial charge in [0.2, 0.25) is 0 Å². The molecule has 0 unspecified atom stereocenters. The number of methoxy groups -OCH3 is 2. The lowest BCUT2D eigenvalue weighted by molar-refractivity contribution is -0.385. The van der Waals surface area contributed by atoms with Crippen molar-refractivity contribution >= 4 is 57.8 Å². The Labute approximate surface area is 169 Å². The summed E-state index contributed by atoms with van der Waals surface area (Å²) in [5.41, 5.74) is 0.128. The maximum Gasteiger partial charge on any atom is 0.312 e. The fourth-order valence-electron chi connectivity index (χ4n) is 2.18. The molecule has 0 heterocycles. The highest BCUT2D eigenvalue weighted by molar-refractivity contribution is 7.80. The Morgan fingerprint density at radius 2 is 1.89 bits per heavy atom. The van der Waals surface area contributed by atoms with E-state index in [1.165, 1.54) is 44.6 Å². The summed E-state index contributed by atoms with van der Waals surface area (Å²) < 4.78 is 10.0. The number of nitrogens with zero attached hydrogens (tertiary/aromatic N) is 1. The summed E-state index contributed by atoms with van der Waals surface area (Å²) in [5.74, 6) is -0.378. The second-order valence-corrected chi connectivity index (χ2v) is 6.27. The molecule has 0 aliphatic carbocycles. The third-order valence-corrected chi connectivity index (χ3v) is 4.02. The molecule has 0 atom stereocenters. The van der Waals surface area contributed by atoms with Gasteiger partial charge in [0.1, 0.15) is 5.75 Å². The van der Waals surface area contributed by atoms with E-state index in [1.54, 1.807) is 0 Å². The molecule has 8 nitrogen and oxygen atoms in total. The number of carbonyl (C=O) groups is 1. The maximum absolute atomic E-state index is 12.4. The van der Waals surface area contributed by atoms with Crippen LogP contribution in [0.1, 0.15) is 10.4 Å². The van der Waals surface area contributed by atoms with Crippen molar-refractivity contribution in [1.29, 1.82) is 0 Å². The topological polar surface area (TPSA) is 103 Å². The average Bonchev–Trinajstić information content (AvgIpc) is 2.60. The van der Waals surface area contributed by atoms with Gasteiger partial charge in [0.25, 0.3) is 5.91 Å². The number of amides is 1. The Balaban J connectivity index is 2.18. The lowest BCUT2D eigenvalue weighted by Crippen LogP contribution is -2.34. The molecule has 142 valence electrons. The van der Waals surface area contributed by atoms with Crippen molar-refractivity contribution < 1.29 is 19.2 Å². The van der Waals surface area contributed by atoms with Crippen molar-refractivity contribution in [3.63, 3.8) is 0 Å². The molecular weight excluding hydrogens is 417 g/mol. The van der Waals surface area contributed by atoms with Gasteiger partial charge in [-0.15, -0.1) is 0 Å². The highest BCUT2D eigenvalue weighted by atomic mass is 35.5. The fraction of sp³-hybridized carbons (Fsp3) is 0.125. The summed E-state index contributed by atoms with van der Waals surface area (Å²) in [4.78, 5) is 22.9. The van der Waals surface area contributed by atoms with E-state index in [-0.39, 0.29) is 37.9 Å². The molecule has 11 heteroatoms. The number of thiocarbonyl (C=S) groups is 1. The Morgan fingerprint density at radius 3 is 2.48 bits per heavy atom. The summed E-state index contributed by atoms with van der Waals surface area (Å²) in [6, 6.07) is 6.97. The zero-order valence-corrected chi connectivity index (χ0v) is 16.4. The summed E-state index contributed by atoms with van der Waals surface area (Å²) >= 11 is 17.0. The number of nitro benzene ring substituents is 1. The number of hydrogen-bond donors (Lipinski definition) is 2. The van der Waals surface area contributed by atoms with E-state index >= 15 is 0 Å². The first-order valence-electron chi connectivity index (χ1n) is 7.24. The maximum atomic E-state index is 12.4. The Morgan fingerprint density at radius 1 is 1.19 bits per heavy atom. The minimum Gasteiger partial charge on any atom is -0.494 e. The van der Waals surface area contributed by atoms with Crippen LogP contribution in [0.2, 0.25) is 10.0 Å². The van der Waals surface area contributed by atoms with Crippen LogP contribution in [0.3, 0.4) is 0 Å². The number of carbonyl (C=O) groups excluding carboxylic acids is 1. The van der Waals surface area contributed by atoms with Crippen LogP contribution in [0.5, 0.6) is 11.5 Å². The van der Waals surface area contributed by atoms with Gasteiger partial charge in [-0.05, 0) is 36.5 Å². The van der Waals surface area contributed by atoms with Gasteiger partial charge in [-0.2, -0.15) is 0 Å². The van der Waals surface area contributed by atoms with E-state index in [9.17, 15) is 14.9 Å². The van der Waals surface area contributed by atoms with Crippen LogP contribution < -0.4 is 20.1 Å². The average molecular weight is 430 g/mol. The van der Waals surface area contributed by atoms with Gasteiger partial charge in [-0.3, -0.25) is 20.2 Å². The molecule has 27 heavy (non-hydrogen) atoms. The van der Waals surface area contributed by atoms with E-state index < -0.39 is 10.8 Å². The largest absolute Gasteiger partial charge is 0.494 e. The third kappa shape index (κ3) is 4.97. The van der Waals surface area contributed by atoms with Crippen LogP contribution in [0.4, 0.5) is 11.4 Å². The van der Waals surface area contributed by atoms with E-state index in [4.69, 9.17) is 44.9 Å². The number of nitro groups is 1. The number of benzene rings is 2. The van der Waals surface area contributed by atoms with Crippen molar-refractivity contribution in [2.24, 2.45) is 0 Å². The number of halogens is 2. The molecule has 1 amide bonds. The second-order valence-electron chi connectivity index (χ2n) is 5.02. The molecule has 0 aromatic heterocycles. The Kier molecular flexibility index (Phi) is 6.78. The fourth-order valence-corrected chi connectivity index (χ4v) is 2.96. The first-order chi connectivity index (χ1) is 12.8. The monoisotopic (exact) mass is 429 g/mol. The second kappa shape index (κ2) is 8.85. The number of nitrogens with one attached hydrogen (secondary N) is 2. The number of hydrogen-bond acceptors (Lipinski definition) is 6. The number of ether oxygens (including phenoxy) is 2. The predicted molar refractivity (Wildman–Crippen MR) is 106 cm³/mol. The molecule has 0 saturated heterocycles. The molecule has 0 spiro atoms. The van der Waals surface area contributed by atoms with Gasteiger partial charge in [0.05, 0.1) is 29.7 Å². The summed E-state index contributed by atoms with van der Waals surface area (Å²) in [5, 5.41) is 16.5. The van der Waals surface area contributed by atoms with Crippen molar-refractivity contribution in [2.75, 3.05) is 19.5 Å². The first-order valence-corrected chi connectivity index (χ1v) is 8.41. The van der Waals surface area contributed by atoms with Gasteiger partial charge in [0.15, 0.2) is 10.9 Å². The molecule has 0 bridgehead atoms. The smallest absolute Gasteiger partial charge is 0.312 e. The van der Waals surface area contributed by atoms with Gasteiger partial charge in [-0.25, -0.2) is 0 Å². The van der Waals surface area contributed by atoms with Crippen molar-refractivity contribution in [3.05, 3.63) is 56.1 Å². The SMILES string of the molecule is COc1ccc(NC(=S)NC(=O)c2cc(Cl)cc(Cl)c2OC)cc1[N+](=O)[O-]. The standard InChI is InChI=1S/C16H13Cl2N3O5S/c1-25-13-4-3-9(7-12(13)21(23)24)19-16(27)20-15(22)10-5-8(17)6-11(18)14(10)26-2/h3-7H,1-2H3,(H2,19,20,22,27). The van der Waals surface area contributed by atoms with Crippen molar-refractivity contribution in [2.45, 2.75) is 0 Å². The Bertz CT molecular complexity index is 923. The van der Waals surface area contributed by atoms with Crippen LogP contribution in [0.15, 0.2) is 30.3 Å². The number of rotatable bonds is 5. The van der Waals surface area contributed by atoms with E-state index in [2.05, 4.69) is 10.6 Å². The summed E-state index contributed by atoms with van der Waals surface area (Å²) in [6.07, 6.45) is 0. The molecule has 2 rings (SSSR count). The third-order valence-electron chi connectivity index (χ3n) is 3.32. The minimum absolute atomic E-state index is 0.0832. The molecule has 2 N–H and O–H groups in total. The lowest BCUT2D eigenvalue weighted by atomic mass is 10.2. The normalized spacial score (nSPS) is 10.1. The van der Waals surface area contributed by atoms with Crippen LogP contribution >= 0.6 is 35.4 Å². The zero-order valence-electron chi connectivity index (χ0n) is 14.0. The van der Waals surface area contributed by atoms with E-state index in [0.717, 1.165) is 0 Å². The van der Waals surface area contributed by atoms with Crippen LogP contribution in [-0.4, -0.2) is 30.2 Å². The van der Waals surface area contributed by atoms with Crippen molar-refractivity contribution in [3.8, 4) is 11.5 Å². The summed E-state index contributed by atoms with van der Waals surface area (Å²) in [6.45, 7) is 0. The molecule has 2 aromatic rings. The summed E-state index contributed by atoms with van der Waals surface area (Å²) in [7, 11) is 2.68. The van der Waals surface area contributed by atoms with Gasteiger partial charge in [-0.1, -0.05) is 23.2 Å². The van der Waals surface area contributed by atoms with E-state index in [1.807, 2.05) is 0 Å². The first kappa shape index (κ1) is 20.7. The molecule has 0 saturated carbocycles. The van der Waals surface area contributed by atoms with Gasteiger partial charge in [0, 0.05) is 16.8 Å². The highest BCUT2D eigenvalue weighted by Gasteiger charge is 2.19. The van der Waals surface area contributed by atoms with Gasteiger partial charge >= 0.3 is 5.69 Å². The Hall–Kier alpha value is -2.62. The van der Waals surface area contributed by atoms with Crippen LogP contribution in [0, 0.1) is 10.1 Å². The lowest BCUT2D eigenvalue weighted by Gasteiger charge is -2.13. The molecule has 0 fully saturated rings. The minimum atomic E-state index is -0.614. The van der Waals surface area contributed by atoms with Crippen LogP contribution in [-0.2, 0) is 0 Å². The van der Waals surface area contributed by atoms with Gasteiger partial charge < -0.3 is 14.8 Å². The molecule has 0 aliphatic rings. The molecular formula is C16H13Cl2N3O5S. The van der Waals surface area contributed by atoms with E-state index in [0.29, 0.717) is 5.69 Å². The molecule has 0 aliphatic heterocycles. The molecule has 0 radical (unpaired) electrons. The predicted octanol–water partition coefficient (Wildman–Crippen LogP) is 4.05. The van der Waals surface area contributed by atoms with Crippen LogP contribution in [0.25, 0.3) is 0 Å². The molecule has 2 aromatic carbocycles. The quantitative estimate of drug-likeness (QED) is 0.419. The zero-order chi connectivity index (χ0) is 20.1. The highest BCUT2D eigenvalue weighted by Crippen LogP contribution is 2.32. The van der Waals surface area contributed by atoms with Crippen molar-refractivity contribution in [1.82, 2.24) is 5.32 Å². The number of anilines is 1.